The summed E-state index contributed by atoms with van der Waals surface area (Å²) < 4.78 is 0. The van der Waals surface area contributed by atoms with Gasteiger partial charge in [-0.1, -0.05) is 29.8 Å². The molecule has 1 heterocycles. The predicted molar refractivity (Wildman–Crippen MR) is 72.6 cm³/mol. The first-order valence-electron chi connectivity index (χ1n) is 5.78. The molecule has 0 spiro atoms. The topological polar surface area (TPSA) is 45.1 Å². The van der Waals surface area contributed by atoms with Crippen LogP contribution in [-0.4, -0.2) is 10.1 Å². The van der Waals surface area contributed by atoms with E-state index in [2.05, 4.69) is 17.2 Å². The highest BCUT2D eigenvalue weighted by atomic mass is 35.5. The number of rotatable bonds is 4. The number of nitrogens with one attached hydrogen (secondary N) is 1. The number of aromatic hydroxyl groups is 1. The third kappa shape index (κ3) is 3.22. The van der Waals surface area contributed by atoms with Crippen LogP contribution in [0.1, 0.15) is 24.2 Å². The van der Waals surface area contributed by atoms with Gasteiger partial charge in [0.2, 0.25) is 0 Å². The highest BCUT2D eigenvalue weighted by Gasteiger charge is 2.08. The molecule has 0 saturated heterocycles. The molecule has 3 nitrogen and oxygen atoms in total. The van der Waals surface area contributed by atoms with E-state index in [0.29, 0.717) is 6.54 Å². The summed E-state index contributed by atoms with van der Waals surface area (Å²) >= 11 is 6.13. The highest BCUT2D eigenvalue weighted by Crippen LogP contribution is 2.22. The van der Waals surface area contributed by atoms with E-state index >= 15 is 0 Å². The Morgan fingerprint density at radius 1 is 1.28 bits per heavy atom. The van der Waals surface area contributed by atoms with Gasteiger partial charge in [0.15, 0.2) is 0 Å². The molecule has 0 amide bonds. The summed E-state index contributed by atoms with van der Waals surface area (Å²) in [5, 5.41) is 13.3. The second kappa shape index (κ2) is 5.85. The Morgan fingerprint density at radius 2 is 2.06 bits per heavy atom. The van der Waals surface area contributed by atoms with Gasteiger partial charge in [-0.05, 0) is 30.7 Å². The zero-order valence-corrected chi connectivity index (χ0v) is 10.9. The van der Waals surface area contributed by atoms with Crippen LogP contribution in [0.15, 0.2) is 42.6 Å². The zero-order valence-electron chi connectivity index (χ0n) is 10.1. The van der Waals surface area contributed by atoms with E-state index in [1.165, 1.54) is 6.20 Å². The van der Waals surface area contributed by atoms with Gasteiger partial charge in [0.25, 0.3) is 0 Å². The number of aromatic nitrogens is 1. The average Bonchev–Trinajstić information content (AvgIpc) is 2.38. The fourth-order valence-electron chi connectivity index (χ4n) is 1.72. The number of benzene rings is 1. The van der Waals surface area contributed by atoms with E-state index in [4.69, 9.17) is 16.7 Å². The molecule has 0 aliphatic carbocycles. The summed E-state index contributed by atoms with van der Waals surface area (Å²) in [7, 11) is 0. The molecule has 1 atom stereocenters. The second-order valence-electron chi connectivity index (χ2n) is 4.13. The van der Waals surface area contributed by atoms with Crippen LogP contribution in [0.3, 0.4) is 0 Å². The minimum absolute atomic E-state index is 0.148. The molecule has 94 valence electrons. The van der Waals surface area contributed by atoms with Crippen molar-refractivity contribution in [2.24, 2.45) is 0 Å². The fraction of sp³-hybridized carbons (Fsp3) is 0.214. The van der Waals surface area contributed by atoms with Gasteiger partial charge < -0.3 is 10.4 Å². The third-order valence-electron chi connectivity index (χ3n) is 2.77. The van der Waals surface area contributed by atoms with E-state index < -0.39 is 0 Å². The Morgan fingerprint density at radius 3 is 2.72 bits per heavy atom. The molecule has 2 N–H and O–H groups in total. The van der Waals surface area contributed by atoms with Crippen LogP contribution in [0.25, 0.3) is 0 Å². The monoisotopic (exact) mass is 262 g/mol. The molecule has 1 aromatic carbocycles. The number of halogens is 1. The lowest BCUT2D eigenvalue weighted by Gasteiger charge is -2.15. The Balaban J connectivity index is 1.98. The molecule has 2 rings (SSSR count). The molecule has 0 fully saturated rings. The largest absolute Gasteiger partial charge is 0.506 e. The maximum atomic E-state index is 9.15. The standard InChI is InChI=1S/C14H15ClN2O/c1-10(13-4-2-3-5-14(13)15)16-8-11-6-7-12(18)9-17-11/h2-7,9-10,16,18H,8H2,1H3/t10-/m0/s1. The lowest BCUT2D eigenvalue weighted by atomic mass is 10.1. The van der Waals surface area contributed by atoms with E-state index in [-0.39, 0.29) is 11.8 Å². The van der Waals surface area contributed by atoms with Gasteiger partial charge >= 0.3 is 0 Å². The maximum Gasteiger partial charge on any atom is 0.133 e. The number of nitrogens with zero attached hydrogens (tertiary/aromatic N) is 1. The Hall–Kier alpha value is -1.58. The lowest BCUT2D eigenvalue weighted by Crippen LogP contribution is -2.18. The smallest absolute Gasteiger partial charge is 0.133 e. The average molecular weight is 263 g/mol. The Bertz CT molecular complexity index is 513. The third-order valence-corrected chi connectivity index (χ3v) is 3.11. The fourth-order valence-corrected chi connectivity index (χ4v) is 2.01. The van der Waals surface area contributed by atoms with Crippen LogP contribution >= 0.6 is 11.6 Å². The van der Waals surface area contributed by atoms with Crippen molar-refractivity contribution in [3.8, 4) is 5.75 Å². The summed E-state index contributed by atoms with van der Waals surface area (Å²) in [5.74, 6) is 0.179. The van der Waals surface area contributed by atoms with Crippen molar-refractivity contribution < 1.29 is 5.11 Å². The van der Waals surface area contributed by atoms with Gasteiger partial charge in [0.1, 0.15) is 5.75 Å². The Labute approximate surface area is 111 Å². The summed E-state index contributed by atoms with van der Waals surface area (Å²) in [6.07, 6.45) is 1.44. The van der Waals surface area contributed by atoms with Crippen molar-refractivity contribution in [3.63, 3.8) is 0 Å². The number of hydrogen-bond donors (Lipinski definition) is 2. The minimum atomic E-state index is 0.148. The van der Waals surface area contributed by atoms with E-state index in [1.54, 1.807) is 12.1 Å². The molecule has 2 aromatic rings. The Kier molecular flexibility index (Phi) is 4.18. The molecular formula is C14H15ClN2O. The quantitative estimate of drug-likeness (QED) is 0.889. The van der Waals surface area contributed by atoms with Gasteiger partial charge in [-0.15, -0.1) is 0 Å². The molecule has 0 radical (unpaired) electrons. The maximum absolute atomic E-state index is 9.15. The van der Waals surface area contributed by atoms with Gasteiger partial charge in [0.05, 0.1) is 11.9 Å². The summed E-state index contributed by atoms with van der Waals surface area (Å²) in [4.78, 5) is 4.12. The van der Waals surface area contributed by atoms with Crippen LogP contribution < -0.4 is 5.32 Å². The van der Waals surface area contributed by atoms with Gasteiger partial charge in [0, 0.05) is 17.6 Å². The van der Waals surface area contributed by atoms with E-state index in [1.807, 2.05) is 24.3 Å². The summed E-state index contributed by atoms with van der Waals surface area (Å²) in [5.41, 5.74) is 1.95. The second-order valence-corrected chi connectivity index (χ2v) is 4.54. The van der Waals surface area contributed by atoms with Crippen LogP contribution in [0.4, 0.5) is 0 Å². The molecular weight excluding hydrogens is 248 g/mol. The minimum Gasteiger partial charge on any atom is -0.506 e. The van der Waals surface area contributed by atoms with Crippen molar-refractivity contribution in [3.05, 3.63) is 58.9 Å². The van der Waals surface area contributed by atoms with Crippen LogP contribution in [0.5, 0.6) is 5.75 Å². The normalized spacial score (nSPS) is 12.3. The van der Waals surface area contributed by atoms with Crippen molar-refractivity contribution in [2.45, 2.75) is 19.5 Å². The molecule has 4 heteroatoms. The molecule has 0 bridgehead atoms. The van der Waals surface area contributed by atoms with Gasteiger partial charge in [-0.3, -0.25) is 4.98 Å². The highest BCUT2D eigenvalue weighted by molar-refractivity contribution is 6.31. The molecule has 0 aliphatic rings. The first-order chi connectivity index (χ1) is 8.66. The molecule has 1 aromatic heterocycles. The molecule has 18 heavy (non-hydrogen) atoms. The van der Waals surface area contributed by atoms with E-state index in [0.717, 1.165) is 16.3 Å². The van der Waals surface area contributed by atoms with Crippen molar-refractivity contribution in [1.82, 2.24) is 10.3 Å². The molecule has 0 aliphatic heterocycles. The SMILES string of the molecule is C[C@H](NCc1ccc(O)cn1)c1ccccc1Cl. The van der Waals surface area contributed by atoms with Crippen LogP contribution in [0.2, 0.25) is 5.02 Å². The van der Waals surface area contributed by atoms with E-state index in [9.17, 15) is 0 Å². The predicted octanol–water partition coefficient (Wildman–Crippen LogP) is 3.29. The molecule has 0 saturated carbocycles. The molecule has 0 unspecified atom stereocenters. The van der Waals surface area contributed by atoms with Gasteiger partial charge in [-0.2, -0.15) is 0 Å². The first-order valence-corrected chi connectivity index (χ1v) is 6.16. The first kappa shape index (κ1) is 12.9. The van der Waals surface area contributed by atoms with Crippen molar-refractivity contribution in [2.75, 3.05) is 0 Å². The summed E-state index contributed by atoms with van der Waals surface area (Å²) in [6, 6.07) is 11.3. The van der Waals surface area contributed by atoms with Crippen molar-refractivity contribution in [1.29, 1.82) is 0 Å². The van der Waals surface area contributed by atoms with Crippen LogP contribution in [0, 0.1) is 0 Å². The number of hydrogen-bond acceptors (Lipinski definition) is 3. The van der Waals surface area contributed by atoms with Gasteiger partial charge in [-0.25, -0.2) is 0 Å². The van der Waals surface area contributed by atoms with Crippen molar-refractivity contribution >= 4 is 11.6 Å². The number of pyridine rings is 1. The lowest BCUT2D eigenvalue weighted by molar-refractivity contribution is 0.471. The van der Waals surface area contributed by atoms with Crippen LogP contribution in [-0.2, 0) is 6.54 Å². The summed E-state index contributed by atoms with van der Waals surface area (Å²) in [6.45, 7) is 2.69. The zero-order chi connectivity index (χ0) is 13.0.